The second kappa shape index (κ2) is 12.9. The minimum Gasteiger partial charge on any atom is -0.392 e. The number of carbonyl (C=O) groups is 3. The van der Waals surface area contributed by atoms with Crippen LogP contribution in [-0.4, -0.2) is 71.7 Å². The van der Waals surface area contributed by atoms with E-state index in [9.17, 15) is 32.7 Å². The number of imide groups is 1. The number of aliphatic hydroxyl groups excluding tert-OH is 1. The Morgan fingerprint density at radius 3 is 2.72 bits per heavy atom. The molecule has 0 bridgehead atoms. The number of amides is 3. The molecule has 1 aromatic carbocycles. The van der Waals surface area contributed by atoms with Crippen LogP contribution in [0.3, 0.4) is 0 Å². The van der Waals surface area contributed by atoms with Gasteiger partial charge in [-0.15, -0.1) is 0 Å². The van der Waals surface area contributed by atoms with Crippen molar-refractivity contribution in [3.05, 3.63) is 59.8 Å². The number of nitriles is 1. The van der Waals surface area contributed by atoms with E-state index in [1.807, 2.05) is 6.92 Å². The van der Waals surface area contributed by atoms with Crippen molar-refractivity contribution in [2.45, 2.75) is 57.6 Å². The average molecular weight is 639 g/mol. The number of fused-ring (bicyclic) bond motifs is 1. The van der Waals surface area contributed by atoms with Gasteiger partial charge in [0, 0.05) is 36.4 Å². The number of hydrogen-bond acceptors (Lipinski definition) is 10. The number of nitrogens with one attached hydrogen (secondary N) is 4. The Hall–Kier alpha value is -5.34. The number of benzene rings is 1. The van der Waals surface area contributed by atoms with Crippen molar-refractivity contribution < 1.29 is 32.7 Å². The van der Waals surface area contributed by atoms with Gasteiger partial charge < -0.3 is 21.1 Å². The molecule has 1 saturated heterocycles. The third-order valence-electron chi connectivity index (χ3n) is 7.37. The Bertz CT molecular complexity index is 1840. The van der Waals surface area contributed by atoms with Crippen LogP contribution in [0, 0.1) is 11.3 Å². The lowest BCUT2D eigenvalue weighted by molar-refractivity contribution is -0.141. The monoisotopic (exact) mass is 638 g/mol. The van der Waals surface area contributed by atoms with Crippen molar-refractivity contribution in [2.24, 2.45) is 0 Å². The normalized spacial score (nSPS) is 17.0. The highest BCUT2D eigenvalue weighted by molar-refractivity contribution is 6.03. The number of alkyl halides is 3. The molecule has 240 valence electrons. The predicted octanol–water partition coefficient (Wildman–Crippen LogP) is 1.93. The first-order valence-electron chi connectivity index (χ1n) is 14.2. The van der Waals surface area contributed by atoms with Crippen LogP contribution < -0.4 is 21.3 Å². The first kappa shape index (κ1) is 32.1. The van der Waals surface area contributed by atoms with Crippen LogP contribution >= 0.6 is 0 Å². The Labute approximate surface area is 259 Å². The molecule has 1 aliphatic heterocycles. The molecule has 0 spiro atoms. The Morgan fingerprint density at radius 1 is 1.26 bits per heavy atom. The molecule has 17 heteroatoms. The van der Waals surface area contributed by atoms with Gasteiger partial charge in [-0.25, -0.2) is 9.97 Å². The molecule has 1 aliphatic rings. The zero-order valence-electron chi connectivity index (χ0n) is 24.6. The molecule has 14 nitrogen and oxygen atoms in total. The number of anilines is 2. The highest BCUT2D eigenvalue weighted by Gasteiger charge is 2.38. The average Bonchev–Trinajstić information content (AvgIpc) is 3.75. The van der Waals surface area contributed by atoms with Crippen molar-refractivity contribution in [1.82, 2.24) is 40.1 Å². The summed E-state index contributed by atoms with van der Waals surface area (Å²) in [6.45, 7) is 3.16. The van der Waals surface area contributed by atoms with E-state index in [1.54, 1.807) is 24.3 Å². The van der Waals surface area contributed by atoms with Gasteiger partial charge in [0.1, 0.15) is 12.6 Å². The molecule has 1 fully saturated rings. The number of aryl methyl sites for hydroxylation is 1. The molecule has 4 heterocycles. The summed E-state index contributed by atoms with van der Waals surface area (Å²) in [5, 5.41) is 32.8. The minimum absolute atomic E-state index is 0.0928. The molecule has 0 saturated carbocycles. The summed E-state index contributed by atoms with van der Waals surface area (Å²) in [4.78, 5) is 46.5. The number of carbonyl (C=O) groups excluding carboxylic acids is 3. The van der Waals surface area contributed by atoms with Crippen LogP contribution in [0.2, 0.25) is 0 Å². The SMILES string of the molecule is CCc1cc(Nc2nccn3c(-c4cn(CC#N)nc4C(F)(F)F)cnc23)ccc1C(=O)N[C@H](C)C(=O)NC(=O)[C@@H]1C[C@@H](O)CN1. The van der Waals surface area contributed by atoms with E-state index in [0.717, 1.165) is 10.9 Å². The molecule has 0 unspecified atom stereocenters. The number of imidazole rings is 1. The summed E-state index contributed by atoms with van der Waals surface area (Å²) in [7, 11) is 0. The summed E-state index contributed by atoms with van der Waals surface area (Å²) in [5.41, 5.74) is 0.331. The number of β-amino-alcohol motifs (C(OH)–C–C–N with tert-alkyl or cyclic N) is 1. The fraction of sp³-hybridized carbons (Fsp3) is 0.345. The highest BCUT2D eigenvalue weighted by Crippen LogP contribution is 2.37. The number of aliphatic hydroxyl groups is 1. The third kappa shape index (κ3) is 6.67. The highest BCUT2D eigenvalue weighted by atomic mass is 19.4. The van der Waals surface area contributed by atoms with E-state index < -0.39 is 47.8 Å². The van der Waals surface area contributed by atoms with Gasteiger partial charge in [0.15, 0.2) is 17.2 Å². The van der Waals surface area contributed by atoms with E-state index >= 15 is 0 Å². The Kier molecular flexibility index (Phi) is 9.03. The van der Waals surface area contributed by atoms with Gasteiger partial charge in [0.05, 0.1) is 35.7 Å². The van der Waals surface area contributed by atoms with Gasteiger partial charge >= 0.3 is 6.18 Å². The summed E-state index contributed by atoms with van der Waals surface area (Å²) < 4.78 is 43.6. The fourth-order valence-electron chi connectivity index (χ4n) is 5.07. The van der Waals surface area contributed by atoms with Crippen molar-refractivity contribution in [1.29, 1.82) is 5.26 Å². The van der Waals surface area contributed by atoms with Crippen molar-refractivity contribution >= 4 is 34.9 Å². The zero-order valence-corrected chi connectivity index (χ0v) is 24.6. The molecule has 3 amide bonds. The lowest BCUT2D eigenvalue weighted by Crippen LogP contribution is -2.50. The van der Waals surface area contributed by atoms with Gasteiger partial charge in [-0.2, -0.15) is 23.5 Å². The number of nitrogens with zero attached hydrogens (tertiary/aromatic N) is 6. The molecule has 4 aromatic rings. The fourth-order valence-corrected chi connectivity index (χ4v) is 5.07. The quantitative estimate of drug-likeness (QED) is 0.181. The first-order valence-corrected chi connectivity index (χ1v) is 14.2. The van der Waals surface area contributed by atoms with E-state index in [-0.39, 0.29) is 42.2 Å². The van der Waals surface area contributed by atoms with Gasteiger partial charge in [0.25, 0.3) is 5.91 Å². The molecule has 3 aromatic heterocycles. The molecule has 5 rings (SSSR count). The van der Waals surface area contributed by atoms with Crippen LogP contribution in [0.25, 0.3) is 16.9 Å². The molecule has 46 heavy (non-hydrogen) atoms. The molecular formula is C29H29F3N10O4. The number of rotatable bonds is 9. The second-order valence-corrected chi connectivity index (χ2v) is 10.6. The van der Waals surface area contributed by atoms with Crippen LogP contribution in [0.4, 0.5) is 24.7 Å². The van der Waals surface area contributed by atoms with E-state index in [1.165, 1.54) is 29.9 Å². The van der Waals surface area contributed by atoms with E-state index in [0.29, 0.717) is 23.2 Å². The summed E-state index contributed by atoms with van der Waals surface area (Å²) >= 11 is 0. The van der Waals surface area contributed by atoms with Gasteiger partial charge in [-0.05, 0) is 43.5 Å². The minimum atomic E-state index is -4.77. The van der Waals surface area contributed by atoms with E-state index in [2.05, 4.69) is 36.3 Å². The van der Waals surface area contributed by atoms with Crippen LogP contribution in [0.15, 0.2) is 43.0 Å². The van der Waals surface area contributed by atoms with Crippen molar-refractivity contribution in [3.8, 4) is 17.3 Å². The van der Waals surface area contributed by atoms with E-state index in [4.69, 9.17) is 5.26 Å². The molecular weight excluding hydrogens is 609 g/mol. The van der Waals surface area contributed by atoms with Gasteiger partial charge in [0.2, 0.25) is 11.8 Å². The summed E-state index contributed by atoms with van der Waals surface area (Å²) in [6, 6.07) is 4.88. The third-order valence-corrected chi connectivity index (χ3v) is 7.37. The maximum absolute atomic E-state index is 13.8. The van der Waals surface area contributed by atoms with Gasteiger partial charge in [-0.3, -0.25) is 28.8 Å². The van der Waals surface area contributed by atoms with Crippen LogP contribution in [0.1, 0.15) is 41.9 Å². The van der Waals surface area contributed by atoms with Gasteiger partial charge in [-0.1, -0.05) is 6.92 Å². The summed E-state index contributed by atoms with van der Waals surface area (Å²) in [6.07, 6.45) is 0.411. The predicted molar refractivity (Wildman–Crippen MR) is 156 cm³/mol. The molecule has 0 aliphatic carbocycles. The maximum atomic E-state index is 13.8. The number of aromatic nitrogens is 5. The topological polar surface area (TPSA) is 191 Å². The first-order chi connectivity index (χ1) is 21.9. The standard InChI is InChI=1S/C29H29F3N10O4/c1-3-16-10-17(4-5-19(16)27(45)37-15(2)26(44)39-28(46)21-11-18(43)12-35-21)38-24-25-36-13-22(42(25)9-7-34-24)20-14-41(8-6-33)40-23(20)29(30,31)32/h4-5,7,9-10,13-15,18,21,35,43H,3,8,11-12H2,1-2H3,(H,34,38)(H,37,45)(H,39,44,46)/t15-,18-,21+/m1/s1. The van der Waals surface area contributed by atoms with Crippen molar-refractivity contribution in [3.63, 3.8) is 0 Å². The maximum Gasteiger partial charge on any atom is 0.435 e. The lowest BCUT2D eigenvalue weighted by Gasteiger charge is -2.17. The smallest absolute Gasteiger partial charge is 0.392 e. The number of halogens is 3. The zero-order chi connectivity index (χ0) is 33.2. The van der Waals surface area contributed by atoms with Crippen LogP contribution in [0.5, 0.6) is 0 Å². The van der Waals surface area contributed by atoms with Crippen molar-refractivity contribution in [2.75, 3.05) is 11.9 Å². The summed E-state index contributed by atoms with van der Waals surface area (Å²) in [5.74, 6) is -1.60. The lowest BCUT2D eigenvalue weighted by atomic mass is 10.0. The van der Waals surface area contributed by atoms with Crippen LogP contribution in [-0.2, 0) is 28.7 Å². The second-order valence-electron chi connectivity index (χ2n) is 10.6. The molecule has 0 radical (unpaired) electrons. The Balaban J connectivity index is 1.33. The molecule has 3 atom stereocenters. The molecule has 5 N–H and O–H groups in total. The number of hydrogen-bond donors (Lipinski definition) is 5. The largest absolute Gasteiger partial charge is 0.435 e. The Morgan fingerprint density at radius 2 is 2.04 bits per heavy atom.